The van der Waals surface area contributed by atoms with Crippen LogP contribution in [0.15, 0.2) is 17.7 Å². The molecule has 2 heterocycles. The summed E-state index contributed by atoms with van der Waals surface area (Å²) in [6, 6.07) is 1.90. The zero-order chi connectivity index (χ0) is 16.5. The number of nitrogens with one attached hydrogen (secondary N) is 1. The van der Waals surface area contributed by atoms with E-state index in [1.54, 1.807) is 10.9 Å². The van der Waals surface area contributed by atoms with Gasteiger partial charge in [-0.3, -0.25) is 9.48 Å². The first-order valence-corrected chi connectivity index (χ1v) is 7.41. The minimum Gasteiger partial charge on any atom is -0.400 e. The van der Waals surface area contributed by atoms with Crippen molar-refractivity contribution in [2.45, 2.75) is 45.8 Å². The zero-order valence-electron chi connectivity index (χ0n) is 14.1. The molecule has 1 saturated heterocycles. The van der Waals surface area contributed by atoms with Crippen LogP contribution in [0.3, 0.4) is 0 Å². The first-order valence-electron chi connectivity index (χ1n) is 7.41. The predicted octanol–water partition coefficient (Wildman–Crippen LogP) is 1.57. The Bertz CT molecular complexity index is 577. The average Bonchev–Trinajstić information content (AvgIpc) is 2.86. The second kappa shape index (κ2) is 5.89. The van der Waals surface area contributed by atoms with Crippen molar-refractivity contribution in [2.75, 3.05) is 6.54 Å². The number of nitrogens with zero attached hydrogens (tertiary/aromatic N) is 2. The summed E-state index contributed by atoms with van der Waals surface area (Å²) in [5.41, 5.74) is 0.950. The third-order valence-corrected chi connectivity index (χ3v) is 4.29. The van der Waals surface area contributed by atoms with Gasteiger partial charge in [0.25, 0.3) is 0 Å². The van der Waals surface area contributed by atoms with E-state index in [1.807, 2.05) is 46.9 Å². The van der Waals surface area contributed by atoms with Crippen molar-refractivity contribution in [1.82, 2.24) is 15.1 Å². The Morgan fingerprint density at radius 3 is 2.41 bits per heavy atom. The van der Waals surface area contributed by atoms with Crippen molar-refractivity contribution < 1.29 is 14.1 Å². The van der Waals surface area contributed by atoms with E-state index in [1.165, 1.54) is 6.92 Å². The number of carbonyl (C=O) groups excluding carboxylic acids is 1. The molecular formula is C15H24BN3O3. The van der Waals surface area contributed by atoms with Crippen LogP contribution in [0.25, 0.3) is 6.08 Å². The van der Waals surface area contributed by atoms with Crippen LogP contribution in [0.1, 0.15) is 40.3 Å². The van der Waals surface area contributed by atoms with Crippen LogP contribution < -0.4 is 5.32 Å². The molecule has 1 aliphatic rings. The summed E-state index contributed by atoms with van der Waals surface area (Å²) in [5, 5.41) is 6.96. The van der Waals surface area contributed by atoms with Gasteiger partial charge in [0.15, 0.2) is 0 Å². The van der Waals surface area contributed by atoms with Gasteiger partial charge in [-0.05, 0) is 45.3 Å². The van der Waals surface area contributed by atoms with Crippen molar-refractivity contribution in [3.8, 4) is 0 Å². The van der Waals surface area contributed by atoms with E-state index < -0.39 is 18.3 Å². The van der Waals surface area contributed by atoms with Crippen LogP contribution in [0, 0.1) is 0 Å². The topological polar surface area (TPSA) is 65.4 Å². The number of aromatic nitrogens is 2. The van der Waals surface area contributed by atoms with Gasteiger partial charge in [-0.25, -0.2) is 0 Å². The highest BCUT2D eigenvalue weighted by atomic mass is 16.7. The van der Waals surface area contributed by atoms with E-state index in [0.717, 1.165) is 11.2 Å². The molecule has 6 nitrogen and oxygen atoms in total. The summed E-state index contributed by atoms with van der Waals surface area (Å²) in [5.74, 6) is -0.0903. The molecule has 1 aromatic rings. The Labute approximate surface area is 132 Å². The molecule has 1 aromatic heterocycles. The number of rotatable bonds is 4. The molecule has 0 aromatic carbocycles. The molecule has 1 aliphatic heterocycles. The fourth-order valence-corrected chi connectivity index (χ4v) is 2.14. The average molecular weight is 305 g/mol. The van der Waals surface area contributed by atoms with Gasteiger partial charge in [0, 0.05) is 26.7 Å². The fourth-order valence-electron chi connectivity index (χ4n) is 2.14. The summed E-state index contributed by atoms with van der Waals surface area (Å²) in [4.78, 5) is 11.2. The lowest BCUT2D eigenvalue weighted by Gasteiger charge is -2.32. The van der Waals surface area contributed by atoms with E-state index in [0.29, 0.717) is 6.54 Å². The van der Waals surface area contributed by atoms with E-state index >= 15 is 0 Å². The third kappa shape index (κ3) is 3.42. The van der Waals surface area contributed by atoms with Crippen LogP contribution in [-0.4, -0.2) is 40.6 Å². The molecule has 2 rings (SSSR count). The predicted molar refractivity (Wildman–Crippen MR) is 86.0 cm³/mol. The highest BCUT2D eigenvalue weighted by molar-refractivity contribution is 6.56. The molecule has 0 bridgehead atoms. The third-order valence-electron chi connectivity index (χ3n) is 4.29. The van der Waals surface area contributed by atoms with Crippen LogP contribution >= 0.6 is 0 Å². The summed E-state index contributed by atoms with van der Waals surface area (Å²) in [7, 11) is 1.37. The number of hydrogen-bond acceptors (Lipinski definition) is 4. The molecule has 1 N–H and O–H groups in total. The minimum absolute atomic E-state index is 0.0903. The molecule has 1 fully saturated rings. The maximum atomic E-state index is 11.2. The Hall–Kier alpha value is -1.60. The van der Waals surface area contributed by atoms with Gasteiger partial charge in [-0.15, -0.1) is 0 Å². The molecular weight excluding hydrogens is 281 g/mol. The zero-order valence-corrected chi connectivity index (χ0v) is 14.1. The highest BCUT2D eigenvalue weighted by Crippen LogP contribution is 2.38. The van der Waals surface area contributed by atoms with Gasteiger partial charge in [-0.1, -0.05) is 0 Å². The van der Waals surface area contributed by atoms with Crippen LogP contribution in [0.5, 0.6) is 0 Å². The maximum absolute atomic E-state index is 11.2. The molecule has 120 valence electrons. The number of hydrogen-bond donors (Lipinski definition) is 1. The Kier molecular flexibility index (Phi) is 4.49. The summed E-state index contributed by atoms with van der Waals surface area (Å²) in [6.07, 6.45) is 3.68. The number of carbonyl (C=O) groups is 1. The fraction of sp³-hybridized carbons (Fsp3) is 0.600. The van der Waals surface area contributed by atoms with E-state index in [-0.39, 0.29) is 5.91 Å². The van der Waals surface area contributed by atoms with Crippen LogP contribution in [0.2, 0.25) is 0 Å². The SMILES string of the molecule is CC(=O)NCC(=Cc1ccnn1C)B1OC(C)(C)C(C)(C)O1. The molecule has 0 spiro atoms. The largest absolute Gasteiger partial charge is 0.492 e. The monoisotopic (exact) mass is 305 g/mol. The first kappa shape index (κ1) is 16.8. The smallest absolute Gasteiger partial charge is 0.400 e. The van der Waals surface area contributed by atoms with Crippen molar-refractivity contribution >= 4 is 19.1 Å². The summed E-state index contributed by atoms with van der Waals surface area (Å²) >= 11 is 0. The molecule has 7 heteroatoms. The molecule has 0 radical (unpaired) electrons. The molecule has 22 heavy (non-hydrogen) atoms. The lowest BCUT2D eigenvalue weighted by molar-refractivity contribution is -0.118. The highest BCUT2D eigenvalue weighted by Gasteiger charge is 2.52. The second-order valence-electron chi connectivity index (χ2n) is 6.60. The van der Waals surface area contributed by atoms with Crippen molar-refractivity contribution in [2.24, 2.45) is 7.05 Å². The van der Waals surface area contributed by atoms with Gasteiger partial charge in [0.05, 0.1) is 16.9 Å². The Morgan fingerprint density at radius 1 is 1.36 bits per heavy atom. The maximum Gasteiger partial charge on any atom is 0.492 e. The molecule has 0 saturated carbocycles. The second-order valence-corrected chi connectivity index (χ2v) is 6.60. The van der Waals surface area contributed by atoms with Gasteiger partial charge in [0.1, 0.15) is 0 Å². The summed E-state index contributed by atoms with van der Waals surface area (Å²) < 4.78 is 13.9. The standard InChI is InChI=1S/C15H24BN3O3/c1-11(20)17-10-12(9-13-7-8-18-19(13)6)16-21-14(2,3)15(4,5)22-16/h7-9H,10H2,1-6H3,(H,17,20). The normalized spacial score (nSPS) is 20.3. The first-order chi connectivity index (χ1) is 10.1. The lowest BCUT2D eigenvalue weighted by atomic mass is 9.77. The number of amides is 1. The minimum atomic E-state index is -0.494. The van der Waals surface area contributed by atoms with Crippen LogP contribution in [0.4, 0.5) is 0 Å². The van der Waals surface area contributed by atoms with E-state index in [9.17, 15) is 4.79 Å². The van der Waals surface area contributed by atoms with E-state index in [2.05, 4.69) is 10.4 Å². The summed E-state index contributed by atoms with van der Waals surface area (Å²) in [6.45, 7) is 9.89. The lowest BCUT2D eigenvalue weighted by Crippen LogP contribution is -2.41. The molecule has 0 unspecified atom stereocenters. The van der Waals surface area contributed by atoms with Crippen molar-refractivity contribution in [3.63, 3.8) is 0 Å². The van der Waals surface area contributed by atoms with Gasteiger partial charge in [-0.2, -0.15) is 5.10 Å². The quantitative estimate of drug-likeness (QED) is 0.858. The van der Waals surface area contributed by atoms with Crippen LogP contribution in [-0.2, 0) is 21.2 Å². The van der Waals surface area contributed by atoms with Crippen molar-refractivity contribution in [1.29, 1.82) is 0 Å². The number of aryl methyl sites for hydroxylation is 1. The van der Waals surface area contributed by atoms with E-state index in [4.69, 9.17) is 9.31 Å². The Morgan fingerprint density at radius 2 is 1.95 bits per heavy atom. The van der Waals surface area contributed by atoms with Gasteiger partial charge >= 0.3 is 7.12 Å². The Balaban J connectivity index is 2.28. The molecule has 0 atom stereocenters. The van der Waals surface area contributed by atoms with Gasteiger partial charge < -0.3 is 14.6 Å². The molecule has 0 aliphatic carbocycles. The van der Waals surface area contributed by atoms with Crippen molar-refractivity contribution in [3.05, 3.63) is 23.4 Å². The van der Waals surface area contributed by atoms with Gasteiger partial charge in [0.2, 0.25) is 5.91 Å². The molecule has 1 amide bonds.